The van der Waals surface area contributed by atoms with Gasteiger partial charge in [0.1, 0.15) is 0 Å². The summed E-state index contributed by atoms with van der Waals surface area (Å²) < 4.78 is 0. The van der Waals surface area contributed by atoms with E-state index in [1.807, 2.05) is 11.9 Å². The molecule has 1 radical (unpaired) electrons. The van der Waals surface area contributed by atoms with E-state index in [2.05, 4.69) is 6.92 Å². The Morgan fingerprint density at radius 2 is 2.30 bits per heavy atom. The number of carboxylic acids is 1. The molecular formula is C7H14NO2. The molecule has 3 nitrogen and oxygen atoms in total. The Hall–Kier alpha value is -0.570. The Morgan fingerprint density at radius 3 is 2.70 bits per heavy atom. The molecule has 0 fully saturated rings. The first kappa shape index (κ1) is 9.43. The third kappa shape index (κ3) is 5.56. The van der Waals surface area contributed by atoms with Gasteiger partial charge in [-0.3, -0.25) is 4.79 Å². The average Bonchev–Trinajstić information content (AvgIpc) is 1.87. The number of nitrogens with zero attached hydrogens (tertiary/aromatic N) is 1. The lowest BCUT2D eigenvalue weighted by atomic mass is 10.3. The zero-order chi connectivity index (χ0) is 7.98. The van der Waals surface area contributed by atoms with E-state index in [0.29, 0.717) is 6.42 Å². The Morgan fingerprint density at radius 1 is 1.70 bits per heavy atom. The predicted molar refractivity (Wildman–Crippen MR) is 39.7 cm³/mol. The lowest BCUT2D eigenvalue weighted by Crippen LogP contribution is -2.19. The lowest BCUT2D eigenvalue weighted by Gasteiger charge is -2.11. The third-order valence-corrected chi connectivity index (χ3v) is 1.31. The van der Waals surface area contributed by atoms with Crippen LogP contribution in [0.4, 0.5) is 0 Å². The molecule has 0 aliphatic rings. The monoisotopic (exact) mass is 144 g/mol. The van der Waals surface area contributed by atoms with Gasteiger partial charge < -0.3 is 10.0 Å². The van der Waals surface area contributed by atoms with Gasteiger partial charge in [-0.2, -0.15) is 0 Å². The van der Waals surface area contributed by atoms with Crippen molar-refractivity contribution in [2.24, 2.45) is 0 Å². The topological polar surface area (TPSA) is 40.5 Å². The van der Waals surface area contributed by atoms with Crippen LogP contribution in [0.25, 0.3) is 0 Å². The maximum Gasteiger partial charge on any atom is 0.303 e. The maximum absolute atomic E-state index is 10.0. The Bertz CT molecular complexity index is 104. The fourth-order valence-electron chi connectivity index (χ4n) is 0.612. The number of hydrogen-bond acceptors (Lipinski definition) is 2. The predicted octanol–water partition coefficient (Wildman–Crippen LogP) is 0.617. The molecule has 0 bridgehead atoms. The van der Waals surface area contributed by atoms with Crippen molar-refractivity contribution in [1.82, 2.24) is 4.90 Å². The SMILES string of the molecule is [CH2]CN(C)CCCC(=O)O. The molecule has 0 unspecified atom stereocenters. The molecule has 0 rings (SSSR count). The average molecular weight is 144 g/mol. The van der Waals surface area contributed by atoms with E-state index in [1.54, 1.807) is 0 Å². The molecule has 10 heavy (non-hydrogen) atoms. The second kappa shape index (κ2) is 5.23. The van der Waals surface area contributed by atoms with Gasteiger partial charge in [-0.1, -0.05) is 0 Å². The molecule has 0 aromatic carbocycles. The maximum atomic E-state index is 10.0. The van der Waals surface area contributed by atoms with Gasteiger partial charge in [0.05, 0.1) is 0 Å². The zero-order valence-electron chi connectivity index (χ0n) is 6.34. The van der Waals surface area contributed by atoms with E-state index >= 15 is 0 Å². The summed E-state index contributed by atoms with van der Waals surface area (Å²) >= 11 is 0. The fraction of sp³-hybridized carbons (Fsp3) is 0.714. The van der Waals surface area contributed by atoms with E-state index in [9.17, 15) is 4.79 Å². The van der Waals surface area contributed by atoms with Crippen LogP contribution in [0.5, 0.6) is 0 Å². The van der Waals surface area contributed by atoms with Crippen molar-refractivity contribution in [3.63, 3.8) is 0 Å². The highest BCUT2D eigenvalue weighted by Crippen LogP contribution is 1.91. The second-order valence-electron chi connectivity index (χ2n) is 2.30. The van der Waals surface area contributed by atoms with Gasteiger partial charge in [0.25, 0.3) is 0 Å². The molecule has 3 heteroatoms. The molecular weight excluding hydrogens is 130 g/mol. The van der Waals surface area contributed by atoms with Crippen LogP contribution in [0.1, 0.15) is 12.8 Å². The highest BCUT2D eigenvalue weighted by Gasteiger charge is 1.97. The van der Waals surface area contributed by atoms with Crippen molar-refractivity contribution in [1.29, 1.82) is 0 Å². The number of hydrogen-bond donors (Lipinski definition) is 1. The summed E-state index contributed by atoms with van der Waals surface area (Å²) in [7, 11) is 1.93. The normalized spacial score (nSPS) is 10.3. The summed E-state index contributed by atoms with van der Waals surface area (Å²) in [5.74, 6) is -0.725. The molecule has 0 saturated carbocycles. The third-order valence-electron chi connectivity index (χ3n) is 1.31. The van der Waals surface area contributed by atoms with Gasteiger partial charge in [0, 0.05) is 6.42 Å². The molecule has 0 atom stereocenters. The minimum absolute atomic E-state index is 0.254. The Labute approximate surface area is 61.6 Å². The lowest BCUT2D eigenvalue weighted by molar-refractivity contribution is -0.137. The number of carbonyl (C=O) groups is 1. The summed E-state index contributed by atoms with van der Waals surface area (Å²) in [4.78, 5) is 12.0. The van der Waals surface area contributed by atoms with Crippen molar-refractivity contribution in [3.05, 3.63) is 6.92 Å². The van der Waals surface area contributed by atoms with Crippen LogP contribution in [0.3, 0.4) is 0 Å². The van der Waals surface area contributed by atoms with Gasteiger partial charge >= 0.3 is 5.97 Å². The minimum atomic E-state index is -0.725. The second-order valence-corrected chi connectivity index (χ2v) is 2.30. The number of carboxylic acid groups (broad SMARTS) is 1. The van der Waals surface area contributed by atoms with Gasteiger partial charge in [-0.05, 0) is 33.5 Å². The molecule has 0 amide bonds. The smallest absolute Gasteiger partial charge is 0.303 e. The van der Waals surface area contributed by atoms with Crippen LogP contribution in [0.15, 0.2) is 0 Å². The number of aliphatic carboxylic acids is 1. The van der Waals surface area contributed by atoms with E-state index in [-0.39, 0.29) is 6.42 Å². The highest BCUT2D eigenvalue weighted by atomic mass is 16.4. The summed E-state index contributed by atoms with van der Waals surface area (Å²) in [5.41, 5.74) is 0. The van der Waals surface area contributed by atoms with Gasteiger partial charge in [0.15, 0.2) is 0 Å². The van der Waals surface area contributed by atoms with E-state index in [1.165, 1.54) is 0 Å². The fourth-order valence-corrected chi connectivity index (χ4v) is 0.612. The summed E-state index contributed by atoms with van der Waals surface area (Å²) in [6, 6.07) is 0. The van der Waals surface area contributed by atoms with Crippen LogP contribution in [-0.2, 0) is 4.79 Å². The quantitative estimate of drug-likeness (QED) is 0.614. The molecule has 1 N–H and O–H groups in total. The van der Waals surface area contributed by atoms with Gasteiger partial charge in [-0.25, -0.2) is 0 Å². The summed E-state index contributed by atoms with van der Waals surface area (Å²) in [5, 5.41) is 8.26. The van der Waals surface area contributed by atoms with Crippen LogP contribution >= 0.6 is 0 Å². The highest BCUT2D eigenvalue weighted by molar-refractivity contribution is 5.66. The van der Waals surface area contributed by atoms with Crippen molar-refractivity contribution in [2.45, 2.75) is 12.8 Å². The molecule has 0 aliphatic carbocycles. The van der Waals surface area contributed by atoms with E-state index < -0.39 is 5.97 Å². The van der Waals surface area contributed by atoms with Crippen LogP contribution in [0, 0.1) is 6.92 Å². The van der Waals surface area contributed by atoms with Crippen molar-refractivity contribution < 1.29 is 9.90 Å². The zero-order valence-corrected chi connectivity index (χ0v) is 6.34. The molecule has 0 heterocycles. The summed E-state index contributed by atoms with van der Waals surface area (Å²) in [6.07, 6.45) is 0.964. The van der Waals surface area contributed by atoms with Crippen LogP contribution in [0.2, 0.25) is 0 Å². The van der Waals surface area contributed by atoms with Gasteiger partial charge in [0.2, 0.25) is 0 Å². The summed E-state index contributed by atoms with van der Waals surface area (Å²) in [6.45, 7) is 5.21. The van der Waals surface area contributed by atoms with Crippen LogP contribution < -0.4 is 0 Å². The minimum Gasteiger partial charge on any atom is -0.481 e. The Balaban J connectivity index is 3.11. The largest absolute Gasteiger partial charge is 0.481 e. The molecule has 0 spiro atoms. The first-order chi connectivity index (χ1) is 4.66. The van der Waals surface area contributed by atoms with Crippen molar-refractivity contribution >= 4 is 5.97 Å². The van der Waals surface area contributed by atoms with E-state index in [0.717, 1.165) is 13.1 Å². The molecule has 0 aromatic rings. The molecule has 0 aliphatic heterocycles. The van der Waals surface area contributed by atoms with Gasteiger partial charge in [-0.15, -0.1) is 0 Å². The van der Waals surface area contributed by atoms with Crippen molar-refractivity contribution in [2.75, 3.05) is 20.1 Å². The number of rotatable bonds is 5. The Kier molecular flexibility index (Phi) is 4.94. The molecule has 0 aromatic heterocycles. The molecule has 59 valence electrons. The molecule has 0 saturated heterocycles. The van der Waals surface area contributed by atoms with Crippen molar-refractivity contribution in [3.8, 4) is 0 Å². The first-order valence-corrected chi connectivity index (χ1v) is 3.36. The van der Waals surface area contributed by atoms with E-state index in [4.69, 9.17) is 5.11 Å². The standard InChI is InChI=1S/C7H14NO2/c1-3-8(2)6-4-5-7(9)10/h1,3-6H2,2H3,(H,9,10). The first-order valence-electron chi connectivity index (χ1n) is 3.36. The van der Waals surface area contributed by atoms with Crippen LogP contribution in [-0.4, -0.2) is 36.1 Å².